The van der Waals surface area contributed by atoms with Crippen LogP contribution < -0.4 is 9.54 Å². The van der Waals surface area contributed by atoms with Crippen LogP contribution >= 0.6 is 11.3 Å². The van der Waals surface area contributed by atoms with Crippen LogP contribution in [0.15, 0.2) is 47.5 Å². The van der Waals surface area contributed by atoms with Crippen molar-refractivity contribution in [1.29, 1.82) is 0 Å². The maximum Gasteiger partial charge on any atom is 0.283 e. The lowest BCUT2D eigenvalue weighted by molar-refractivity contribution is -0.384. The van der Waals surface area contributed by atoms with E-state index in [9.17, 15) is 14.9 Å². The number of ether oxygens (including phenoxy) is 1. The number of amides is 1. The number of non-ortho nitro benzene ring substituents is 1. The molecule has 24 heavy (non-hydrogen) atoms. The summed E-state index contributed by atoms with van der Waals surface area (Å²) in [5.41, 5.74) is 1.02. The molecule has 0 saturated heterocycles. The number of aryl methyl sites for hydroxylation is 1. The van der Waals surface area contributed by atoms with E-state index >= 15 is 0 Å². The molecule has 7 nitrogen and oxygen atoms in total. The second-order valence-corrected chi connectivity index (χ2v) is 5.98. The first-order chi connectivity index (χ1) is 11.5. The van der Waals surface area contributed by atoms with Gasteiger partial charge in [-0.15, -0.1) is 0 Å². The molecule has 0 aliphatic heterocycles. The maximum absolute atomic E-state index is 12.4. The molecule has 0 N–H and O–H groups in total. The highest BCUT2D eigenvalue weighted by atomic mass is 32.1. The fourth-order valence-electron chi connectivity index (χ4n) is 2.30. The molecule has 1 aromatic heterocycles. The summed E-state index contributed by atoms with van der Waals surface area (Å²) >= 11 is 1.29. The van der Waals surface area contributed by atoms with Gasteiger partial charge in [0.2, 0.25) is 0 Å². The minimum atomic E-state index is -0.450. The summed E-state index contributed by atoms with van der Waals surface area (Å²) in [7, 11) is 3.21. The van der Waals surface area contributed by atoms with Crippen LogP contribution in [0.2, 0.25) is 0 Å². The molecule has 1 heterocycles. The summed E-state index contributed by atoms with van der Waals surface area (Å²) in [6.45, 7) is 0. The number of hydrogen-bond donors (Lipinski definition) is 0. The Balaban J connectivity index is 2.12. The van der Waals surface area contributed by atoms with E-state index in [0.717, 1.165) is 4.70 Å². The van der Waals surface area contributed by atoms with Crippen LogP contribution in [-0.2, 0) is 7.05 Å². The zero-order chi connectivity index (χ0) is 17.3. The van der Waals surface area contributed by atoms with Crippen LogP contribution in [0.25, 0.3) is 10.2 Å². The van der Waals surface area contributed by atoms with Crippen molar-refractivity contribution in [3.63, 3.8) is 0 Å². The van der Waals surface area contributed by atoms with Gasteiger partial charge in [-0.25, -0.2) is 0 Å². The standard InChI is InChI=1S/C16H13N3O4S/c1-18-12-9-10(19(21)22)7-8-14(12)24-16(18)17-15(20)11-5-3-4-6-13(11)23-2/h3-9H,1-2H3. The van der Waals surface area contributed by atoms with Gasteiger partial charge in [0.25, 0.3) is 11.6 Å². The number of carbonyl (C=O) groups excluding carboxylic acids is 1. The van der Waals surface area contributed by atoms with E-state index in [0.29, 0.717) is 21.6 Å². The van der Waals surface area contributed by atoms with Crippen molar-refractivity contribution >= 4 is 33.1 Å². The molecule has 122 valence electrons. The number of carbonyl (C=O) groups is 1. The quantitative estimate of drug-likeness (QED) is 0.540. The van der Waals surface area contributed by atoms with Crippen LogP contribution in [0.4, 0.5) is 5.69 Å². The van der Waals surface area contributed by atoms with Crippen LogP contribution in [0.5, 0.6) is 5.75 Å². The number of thiazole rings is 1. The molecule has 0 spiro atoms. The van der Waals surface area contributed by atoms with Crippen molar-refractivity contribution in [2.45, 2.75) is 0 Å². The molecular weight excluding hydrogens is 330 g/mol. The first-order valence-corrected chi connectivity index (χ1v) is 7.79. The predicted octanol–water partition coefficient (Wildman–Crippen LogP) is 2.90. The molecule has 0 aliphatic rings. The number of benzene rings is 2. The van der Waals surface area contributed by atoms with Gasteiger partial charge in [0, 0.05) is 19.2 Å². The Labute approximate surface area is 140 Å². The molecule has 3 rings (SSSR count). The number of nitro benzene ring substituents is 1. The first-order valence-electron chi connectivity index (χ1n) is 6.97. The number of rotatable bonds is 3. The van der Waals surface area contributed by atoms with E-state index in [1.807, 2.05) is 0 Å². The molecule has 0 atom stereocenters. The van der Waals surface area contributed by atoms with E-state index in [2.05, 4.69) is 4.99 Å². The summed E-state index contributed by atoms with van der Waals surface area (Å²) in [5, 5.41) is 10.9. The average molecular weight is 343 g/mol. The van der Waals surface area contributed by atoms with Crippen LogP contribution in [0.1, 0.15) is 10.4 Å². The summed E-state index contributed by atoms with van der Waals surface area (Å²) in [6, 6.07) is 11.4. The van der Waals surface area contributed by atoms with E-state index < -0.39 is 10.8 Å². The molecule has 0 bridgehead atoms. The Kier molecular flexibility index (Phi) is 4.13. The highest BCUT2D eigenvalue weighted by Gasteiger charge is 2.13. The van der Waals surface area contributed by atoms with Gasteiger partial charge in [0.15, 0.2) is 4.80 Å². The number of methoxy groups -OCH3 is 1. The van der Waals surface area contributed by atoms with Crippen molar-refractivity contribution in [2.24, 2.45) is 12.0 Å². The molecule has 3 aromatic rings. The summed E-state index contributed by atoms with van der Waals surface area (Å²) in [6.07, 6.45) is 0. The SMILES string of the molecule is COc1ccccc1C(=O)N=c1sc2ccc([N+](=O)[O-])cc2n1C. The van der Waals surface area contributed by atoms with Gasteiger partial charge in [-0.1, -0.05) is 23.5 Å². The van der Waals surface area contributed by atoms with E-state index in [-0.39, 0.29) is 5.69 Å². The monoisotopic (exact) mass is 343 g/mol. The molecule has 2 aromatic carbocycles. The number of aromatic nitrogens is 1. The number of para-hydroxylation sites is 1. The number of nitrogens with zero attached hydrogens (tertiary/aromatic N) is 3. The minimum Gasteiger partial charge on any atom is -0.496 e. The summed E-state index contributed by atoms with van der Waals surface area (Å²) < 4.78 is 7.66. The van der Waals surface area contributed by atoms with E-state index in [1.54, 1.807) is 41.9 Å². The predicted molar refractivity (Wildman–Crippen MR) is 90.3 cm³/mol. The normalized spacial score (nSPS) is 11.7. The second kappa shape index (κ2) is 6.25. The second-order valence-electron chi connectivity index (χ2n) is 4.97. The largest absolute Gasteiger partial charge is 0.496 e. The molecule has 0 fully saturated rings. The van der Waals surface area contributed by atoms with Crippen molar-refractivity contribution in [1.82, 2.24) is 4.57 Å². The van der Waals surface area contributed by atoms with E-state index in [4.69, 9.17) is 4.74 Å². The van der Waals surface area contributed by atoms with Crippen LogP contribution in [-0.4, -0.2) is 22.5 Å². The van der Waals surface area contributed by atoms with Gasteiger partial charge in [0.1, 0.15) is 5.75 Å². The number of nitro groups is 1. The zero-order valence-corrected chi connectivity index (χ0v) is 13.7. The average Bonchev–Trinajstić information content (AvgIpc) is 2.90. The van der Waals surface area contributed by atoms with Crippen molar-refractivity contribution in [2.75, 3.05) is 7.11 Å². The van der Waals surface area contributed by atoms with Crippen LogP contribution in [0, 0.1) is 10.1 Å². The van der Waals surface area contributed by atoms with Gasteiger partial charge in [-0.3, -0.25) is 14.9 Å². The molecule has 0 radical (unpaired) electrons. The summed E-state index contributed by atoms with van der Waals surface area (Å²) in [5.74, 6) is 0.0229. The first kappa shape index (κ1) is 15.9. The fourth-order valence-corrected chi connectivity index (χ4v) is 3.30. The Morgan fingerprint density at radius 3 is 2.75 bits per heavy atom. The van der Waals surface area contributed by atoms with Gasteiger partial charge < -0.3 is 9.30 Å². The zero-order valence-electron chi connectivity index (χ0n) is 12.9. The lowest BCUT2D eigenvalue weighted by Gasteiger charge is -2.03. The highest BCUT2D eigenvalue weighted by Crippen LogP contribution is 2.23. The molecule has 0 aliphatic carbocycles. The molecule has 0 unspecified atom stereocenters. The number of fused-ring (bicyclic) bond motifs is 1. The third kappa shape index (κ3) is 2.79. The Morgan fingerprint density at radius 2 is 2.04 bits per heavy atom. The Bertz CT molecular complexity index is 1020. The van der Waals surface area contributed by atoms with Crippen molar-refractivity contribution in [3.8, 4) is 5.75 Å². The molecule has 8 heteroatoms. The Hall–Kier alpha value is -3.00. The molecule has 0 saturated carbocycles. The van der Waals surface area contributed by atoms with Crippen molar-refractivity contribution < 1.29 is 14.5 Å². The molecular formula is C16H13N3O4S. The van der Waals surface area contributed by atoms with Gasteiger partial charge in [0.05, 0.1) is 27.8 Å². The molecule has 1 amide bonds. The minimum absolute atomic E-state index is 0.00138. The van der Waals surface area contributed by atoms with Gasteiger partial charge in [-0.2, -0.15) is 4.99 Å². The topological polar surface area (TPSA) is 86.7 Å². The third-order valence-electron chi connectivity index (χ3n) is 3.54. The Morgan fingerprint density at radius 1 is 1.29 bits per heavy atom. The van der Waals surface area contributed by atoms with E-state index in [1.165, 1.54) is 30.6 Å². The smallest absolute Gasteiger partial charge is 0.283 e. The maximum atomic E-state index is 12.4. The lowest BCUT2D eigenvalue weighted by atomic mass is 10.2. The van der Waals surface area contributed by atoms with Crippen LogP contribution in [0.3, 0.4) is 0 Å². The third-order valence-corrected chi connectivity index (χ3v) is 4.65. The lowest BCUT2D eigenvalue weighted by Crippen LogP contribution is -2.13. The van der Waals surface area contributed by atoms with Crippen molar-refractivity contribution in [3.05, 3.63) is 62.9 Å². The van der Waals surface area contributed by atoms with Gasteiger partial charge >= 0.3 is 0 Å². The van der Waals surface area contributed by atoms with Gasteiger partial charge in [-0.05, 0) is 18.2 Å². The number of hydrogen-bond acceptors (Lipinski definition) is 5. The highest BCUT2D eigenvalue weighted by molar-refractivity contribution is 7.16. The fraction of sp³-hybridized carbons (Fsp3) is 0.125. The summed E-state index contributed by atoms with van der Waals surface area (Å²) in [4.78, 5) is 27.5.